The number of allylic oxidation sites excluding steroid dienone is 2. The second-order valence-corrected chi connectivity index (χ2v) is 13.0. The molecule has 0 radical (unpaired) electrons. The highest BCUT2D eigenvalue weighted by Crippen LogP contribution is 2.74. The van der Waals surface area contributed by atoms with E-state index in [-0.39, 0.29) is 47.7 Å². The van der Waals surface area contributed by atoms with Crippen molar-refractivity contribution in [2.75, 3.05) is 0 Å². The van der Waals surface area contributed by atoms with Gasteiger partial charge in [0.1, 0.15) is 6.10 Å². The Hall–Kier alpha value is -1.66. The van der Waals surface area contributed by atoms with Gasteiger partial charge in [0.2, 0.25) is 0 Å². The second kappa shape index (κ2) is 9.82. The fraction of sp³-hybridized carbons (Fsp3) is 0.806. The lowest BCUT2D eigenvalue weighted by Crippen LogP contribution is -2.65. The number of ether oxygens (including phenoxy) is 1. The molecule has 37 heavy (non-hydrogen) atoms. The van der Waals surface area contributed by atoms with Gasteiger partial charge in [0.15, 0.2) is 0 Å². The summed E-state index contributed by atoms with van der Waals surface area (Å²) in [6, 6.07) is 0. The van der Waals surface area contributed by atoms with Crippen molar-refractivity contribution in [2.24, 2.45) is 39.9 Å². The van der Waals surface area contributed by atoms with Crippen LogP contribution >= 0.6 is 0 Å². The van der Waals surface area contributed by atoms with Gasteiger partial charge < -0.3 is 20.1 Å². The first kappa shape index (κ1) is 21.2. The van der Waals surface area contributed by atoms with Crippen molar-refractivity contribution in [2.45, 2.75) is 118 Å². The molecule has 6 nitrogen and oxygen atoms in total. The largest absolute Gasteiger partial charge is 0.478 e. The maximum absolute atomic E-state index is 12.8. The minimum absolute atomic E-state index is 0.0183. The lowest BCUT2D eigenvalue weighted by molar-refractivity contribution is -0.234. The predicted molar refractivity (Wildman–Crippen MR) is 143 cm³/mol. The summed E-state index contributed by atoms with van der Waals surface area (Å²) in [6.45, 7) is 4.24. The molecule has 10 atom stereocenters. The summed E-state index contributed by atoms with van der Waals surface area (Å²) in [7, 11) is 0. The highest BCUT2D eigenvalue weighted by molar-refractivity contribution is 5.88. The third kappa shape index (κ3) is 4.40. The number of carbonyl (C=O) groups is 2. The van der Waals surface area contributed by atoms with Crippen LogP contribution in [-0.4, -0.2) is 45.6 Å². The second-order valence-electron chi connectivity index (χ2n) is 13.0. The number of aliphatic hydroxyl groups excluding tert-OH is 2. The molecule has 0 unspecified atom stereocenters. The first-order valence-corrected chi connectivity index (χ1v) is 13.8. The van der Waals surface area contributed by atoms with Gasteiger partial charge in [-0.25, -0.2) is 4.79 Å². The van der Waals surface area contributed by atoms with Gasteiger partial charge in [-0.05, 0) is 111 Å². The van der Waals surface area contributed by atoms with E-state index in [4.69, 9.17) is 13.0 Å². The molecule has 4 rings (SSSR count). The van der Waals surface area contributed by atoms with E-state index in [1.165, 1.54) is 6.92 Å². The zero-order chi connectivity index (χ0) is 32.5. The third-order valence-electron chi connectivity index (χ3n) is 11.4. The standard InChI is InChI=1S/C31H48O6/c1-17(2)9-8-10-20(28(35)36)26-22-15-24(34)27-29(5)13-12-23(33)18(3)21(29)11-14-30(27,6)31(22,7)16-25(26)37-19(4)32/h9,18,21-25,27,33-34H,8,10-16H2,1-7H3,(H,35,36)/b26-20-/t18-,21-,22-,23+,24+,25-,27-,29-,30-,31-/m0/s1/i1D3,2D3. The summed E-state index contributed by atoms with van der Waals surface area (Å²) in [4.78, 5) is 25.1. The summed E-state index contributed by atoms with van der Waals surface area (Å²) in [6.07, 6.45) is 2.69. The minimum atomic E-state index is -2.85. The normalized spacial score (nSPS) is 49.3. The lowest BCUT2D eigenvalue weighted by Gasteiger charge is -2.69. The van der Waals surface area contributed by atoms with Gasteiger partial charge in [-0.15, -0.1) is 0 Å². The van der Waals surface area contributed by atoms with E-state index in [1.807, 2.05) is 0 Å². The number of hydrogen-bond acceptors (Lipinski definition) is 5. The van der Waals surface area contributed by atoms with E-state index in [2.05, 4.69) is 27.7 Å². The molecule has 0 aliphatic heterocycles. The van der Waals surface area contributed by atoms with Crippen molar-refractivity contribution in [1.82, 2.24) is 0 Å². The molecule has 6 heteroatoms. The Morgan fingerprint density at radius 2 is 1.81 bits per heavy atom. The Morgan fingerprint density at radius 3 is 2.43 bits per heavy atom. The monoisotopic (exact) mass is 522 g/mol. The van der Waals surface area contributed by atoms with Crippen LogP contribution in [0.25, 0.3) is 0 Å². The molecule has 3 N–H and O–H groups in total. The Bertz CT molecular complexity index is 1180. The predicted octanol–water partition coefficient (Wildman–Crippen LogP) is 5.67. The first-order chi connectivity index (χ1) is 19.6. The van der Waals surface area contributed by atoms with Crippen LogP contribution in [0.4, 0.5) is 0 Å². The lowest BCUT2D eigenvalue weighted by atomic mass is 9.36. The van der Waals surface area contributed by atoms with Gasteiger partial charge in [-0.3, -0.25) is 4.79 Å². The van der Waals surface area contributed by atoms with Crippen LogP contribution in [0.15, 0.2) is 22.8 Å². The molecule has 208 valence electrons. The number of rotatable bonds is 5. The Labute approximate surface area is 231 Å². The molecule has 0 saturated heterocycles. The van der Waals surface area contributed by atoms with E-state index in [1.54, 1.807) is 0 Å². The highest BCUT2D eigenvalue weighted by atomic mass is 16.5. The number of carbonyl (C=O) groups excluding carboxylic acids is 1. The number of aliphatic carboxylic acids is 1. The summed E-state index contributed by atoms with van der Waals surface area (Å²) in [5.41, 5.74) is -1.43. The van der Waals surface area contributed by atoms with Crippen LogP contribution < -0.4 is 0 Å². The maximum atomic E-state index is 12.8. The molecule has 0 bridgehead atoms. The van der Waals surface area contributed by atoms with E-state index in [0.717, 1.165) is 25.3 Å². The molecule has 4 fully saturated rings. The molecule has 0 amide bonds. The number of esters is 1. The van der Waals surface area contributed by atoms with E-state index < -0.39 is 60.2 Å². The van der Waals surface area contributed by atoms with Gasteiger partial charge in [0.05, 0.1) is 12.2 Å². The number of carboxylic acids is 1. The first-order valence-electron chi connectivity index (χ1n) is 16.8. The van der Waals surface area contributed by atoms with Crippen molar-refractivity contribution >= 4 is 11.9 Å². The molecule has 0 spiro atoms. The molecule has 4 saturated carbocycles. The molecular weight excluding hydrogens is 468 g/mol. The maximum Gasteiger partial charge on any atom is 0.331 e. The number of aliphatic hydroxyl groups is 2. The van der Waals surface area contributed by atoms with Crippen molar-refractivity contribution in [3.05, 3.63) is 22.8 Å². The van der Waals surface area contributed by atoms with Gasteiger partial charge in [0.25, 0.3) is 0 Å². The molecule has 0 aromatic rings. The van der Waals surface area contributed by atoms with E-state index >= 15 is 0 Å². The summed E-state index contributed by atoms with van der Waals surface area (Å²) >= 11 is 0. The van der Waals surface area contributed by atoms with Crippen molar-refractivity contribution in [1.29, 1.82) is 0 Å². The molecule has 0 aromatic heterocycles. The van der Waals surface area contributed by atoms with Crippen molar-refractivity contribution in [3.63, 3.8) is 0 Å². The number of carboxylic acid groups (broad SMARTS) is 1. The average molecular weight is 523 g/mol. The summed E-state index contributed by atoms with van der Waals surface area (Å²) in [5.74, 6) is -1.92. The molecule has 4 aliphatic rings. The molecular formula is C31H48O6. The van der Waals surface area contributed by atoms with Crippen molar-refractivity contribution in [3.8, 4) is 0 Å². The molecule has 0 heterocycles. The fourth-order valence-corrected chi connectivity index (χ4v) is 9.64. The van der Waals surface area contributed by atoms with Crippen LogP contribution in [0, 0.1) is 39.9 Å². The Kier molecular flexibility index (Phi) is 5.63. The van der Waals surface area contributed by atoms with Crippen LogP contribution in [-0.2, 0) is 14.3 Å². The number of fused-ring (bicyclic) bond motifs is 5. The Morgan fingerprint density at radius 1 is 1.11 bits per heavy atom. The van der Waals surface area contributed by atoms with Gasteiger partial charge in [0, 0.05) is 20.7 Å². The number of hydrogen-bond donors (Lipinski definition) is 3. The zero-order valence-corrected chi connectivity index (χ0v) is 22.8. The van der Waals surface area contributed by atoms with Gasteiger partial charge >= 0.3 is 11.9 Å². The minimum Gasteiger partial charge on any atom is -0.478 e. The smallest absolute Gasteiger partial charge is 0.331 e. The Balaban J connectivity index is 1.80. The fourth-order valence-electron chi connectivity index (χ4n) is 9.64. The zero-order valence-electron chi connectivity index (χ0n) is 28.8. The van der Waals surface area contributed by atoms with Gasteiger partial charge in [-0.1, -0.05) is 39.3 Å². The summed E-state index contributed by atoms with van der Waals surface area (Å²) < 4.78 is 51.7. The third-order valence-corrected chi connectivity index (χ3v) is 11.4. The average Bonchev–Trinajstić information content (AvgIpc) is 3.11. The van der Waals surface area contributed by atoms with Crippen molar-refractivity contribution < 1.29 is 37.9 Å². The van der Waals surface area contributed by atoms with Gasteiger partial charge in [-0.2, -0.15) is 0 Å². The topological polar surface area (TPSA) is 104 Å². The SMILES string of the molecule is [2H]C([2H])([2H])C(=CCC/C(C(=O)O)=C1/[C@@H](OC(C)=O)C[C@@]2(C)[C@H]1C[C@@H](O)[C@H]1[C@@]3(C)CC[C@@H](O)[C@@H](C)[C@@H]3CC[C@@]12C)C([2H])([2H])[2H]. The summed E-state index contributed by atoms with van der Waals surface area (Å²) in [5, 5.41) is 33.1. The van der Waals surface area contributed by atoms with Crippen LogP contribution in [0.3, 0.4) is 0 Å². The highest BCUT2D eigenvalue weighted by Gasteiger charge is 2.70. The van der Waals surface area contributed by atoms with Crippen LogP contribution in [0.2, 0.25) is 0 Å². The molecule has 0 aromatic carbocycles. The quantitative estimate of drug-likeness (QED) is 0.244. The van der Waals surface area contributed by atoms with E-state index in [0.29, 0.717) is 24.8 Å². The van der Waals surface area contributed by atoms with Crippen LogP contribution in [0.1, 0.15) is 108 Å². The van der Waals surface area contributed by atoms with E-state index in [9.17, 15) is 24.9 Å². The molecule has 4 aliphatic carbocycles. The van der Waals surface area contributed by atoms with Crippen LogP contribution in [0.5, 0.6) is 0 Å².